The molecular formula is C16H29BN2O4. The van der Waals surface area contributed by atoms with Gasteiger partial charge in [-0.25, -0.2) is 4.79 Å². The van der Waals surface area contributed by atoms with Gasteiger partial charge in [-0.2, -0.15) is 0 Å². The molecule has 0 aromatic heterocycles. The highest BCUT2D eigenvalue weighted by Crippen LogP contribution is 2.39. The average molecular weight is 324 g/mol. The van der Waals surface area contributed by atoms with Crippen molar-refractivity contribution in [3.05, 3.63) is 11.8 Å². The first-order valence-electron chi connectivity index (χ1n) is 8.10. The molecule has 0 radical (unpaired) electrons. The molecule has 0 saturated carbocycles. The molecule has 7 heteroatoms. The first kappa shape index (κ1) is 18.1. The summed E-state index contributed by atoms with van der Waals surface area (Å²) < 4.78 is 17.6. The summed E-state index contributed by atoms with van der Waals surface area (Å²) in [7, 11) is 1.48. The molecule has 0 unspecified atom stereocenters. The number of hydrogen-bond donors (Lipinski definition) is 0. The van der Waals surface area contributed by atoms with E-state index < -0.39 is 23.9 Å². The van der Waals surface area contributed by atoms with Crippen LogP contribution in [0.4, 0.5) is 4.79 Å². The van der Waals surface area contributed by atoms with Gasteiger partial charge < -0.3 is 18.9 Å². The van der Waals surface area contributed by atoms with Crippen LogP contribution >= 0.6 is 0 Å². The second-order valence-corrected chi connectivity index (χ2v) is 8.24. The zero-order valence-electron chi connectivity index (χ0n) is 15.6. The Hall–Kier alpha value is -1.21. The molecule has 0 aromatic carbocycles. The zero-order valence-corrected chi connectivity index (χ0v) is 15.6. The van der Waals surface area contributed by atoms with Crippen molar-refractivity contribution >= 4 is 13.2 Å². The maximum Gasteiger partial charge on any atom is 0.513 e. The van der Waals surface area contributed by atoms with E-state index >= 15 is 0 Å². The molecule has 2 heterocycles. The van der Waals surface area contributed by atoms with Gasteiger partial charge in [0, 0.05) is 26.3 Å². The molecule has 130 valence electrons. The van der Waals surface area contributed by atoms with Crippen LogP contribution in [-0.4, -0.2) is 60.0 Å². The van der Waals surface area contributed by atoms with Gasteiger partial charge in [-0.05, 0) is 48.5 Å². The normalized spacial score (nSPS) is 23.8. The maximum absolute atomic E-state index is 12.3. The van der Waals surface area contributed by atoms with Crippen molar-refractivity contribution in [3.63, 3.8) is 0 Å². The Labute approximate surface area is 139 Å². The summed E-state index contributed by atoms with van der Waals surface area (Å²) >= 11 is 0. The van der Waals surface area contributed by atoms with E-state index in [1.54, 1.807) is 11.1 Å². The molecule has 23 heavy (non-hydrogen) atoms. The van der Waals surface area contributed by atoms with Crippen LogP contribution in [0.25, 0.3) is 0 Å². The molecule has 0 aliphatic carbocycles. The van der Waals surface area contributed by atoms with Gasteiger partial charge in [-0.15, -0.1) is 0 Å². The van der Waals surface area contributed by atoms with Crippen LogP contribution in [0.2, 0.25) is 0 Å². The van der Waals surface area contributed by atoms with E-state index in [2.05, 4.69) is 4.90 Å². The third-order valence-corrected chi connectivity index (χ3v) is 4.53. The highest BCUT2D eigenvalue weighted by Gasteiger charge is 2.53. The molecule has 2 aliphatic rings. The predicted molar refractivity (Wildman–Crippen MR) is 89.7 cm³/mol. The van der Waals surface area contributed by atoms with Crippen LogP contribution in [0.3, 0.4) is 0 Å². The molecule has 0 spiro atoms. The fraction of sp³-hybridized carbons (Fsp3) is 0.812. The standard InChI is InChI=1S/C16H29BN2O4/c1-14(2,3)21-13(20)19-10-9-18(8)12(11-19)17-22-15(4,5)16(6,7)23-17/h11H,9-10H2,1-8H3. The Bertz CT molecular complexity index is 495. The van der Waals surface area contributed by atoms with Gasteiger partial charge in [0.25, 0.3) is 0 Å². The molecule has 1 saturated heterocycles. The summed E-state index contributed by atoms with van der Waals surface area (Å²) in [5, 5.41) is 0. The summed E-state index contributed by atoms with van der Waals surface area (Å²) in [5.41, 5.74) is -0.499. The Morgan fingerprint density at radius 2 is 1.70 bits per heavy atom. The van der Waals surface area contributed by atoms with Crippen LogP contribution in [0, 0.1) is 0 Å². The van der Waals surface area contributed by atoms with E-state index in [1.165, 1.54) is 0 Å². The van der Waals surface area contributed by atoms with Crippen LogP contribution in [0.1, 0.15) is 48.5 Å². The van der Waals surface area contributed by atoms with Crippen molar-refractivity contribution < 1.29 is 18.8 Å². The number of carbonyl (C=O) groups excluding carboxylic acids is 1. The second-order valence-electron chi connectivity index (χ2n) is 8.24. The van der Waals surface area contributed by atoms with Crippen LogP contribution in [-0.2, 0) is 14.0 Å². The molecule has 1 amide bonds. The highest BCUT2D eigenvalue weighted by molar-refractivity contribution is 6.54. The van der Waals surface area contributed by atoms with Crippen molar-refractivity contribution in [1.82, 2.24) is 9.80 Å². The summed E-state index contributed by atoms with van der Waals surface area (Å²) in [4.78, 5) is 15.9. The zero-order chi connectivity index (χ0) is 17.6. The highest BCUT2D eigenvalue weighted by atomic mass is 16.7. The van der Waals surface area contributed by atoms with Crippen molar-refractivity contribution in [3.8, 4) is 0 Å². The van der Waals surface area contributed by atoms with Crippen molar-refractivity contribution in [2.75, 3.05) is 20.1 Å². The van der Waals surface area contributed by atoms with Crippen molar-refractivity contribution in [1.29, 1.82) is 0 Å². The monoisotopic (exact) mass is 324 g/mol. The molecule has 0 aromatic rings. The summed E-state index contributed by atoms with van der Waals surface area (Å²) in [6.07, 6.45) is 1.43. The van der Waals surface area contributed by atoms with Gasteiger partial charge in [0.05, 0.1) is 16.8 Å². The van der Waals surface area contributed by atoms with Crippen molar-refractivity contribution in [2.45, 2.75) is 65.3 Å². The van der Waals surface area contributed by atoms with Crippen molar-refractivity contribution in [2.24, 2.45) is 0 Å². The van der Waals surface area contributed by atoms with Crippen LogP contribution in [0.15, 0.2) is 11.8 Å². The minimum absolute atomic E-state index is 0.348. The van der Waals surface area contributed by atoms with Gasteiger partial charge >= 0.3 is 13.2 Å². The first-order chi connectivity index (χ1) is 10.3. The largest absolute Gasteiger partial charge is 0.513 e. The number of amides is 1. The molecule has 0 atom stereocenters. The number of hydrogen-bond acceptors (Lipinski definition) is 5. The first-order valence-corrected chi connectivity index (χ1v) is 8.10. The lowest BCUT2D eigenvalue weighted by Crippen LogP contribution is -2.45. The Kier molecular flexibility index (Phi) is 4.50. The summed E-state index contributed by atoms with van der Waals surface area (Å²) in [6, 6.07) is 0. The van der Waals surface area contributed by atoms with Gasteiger partial charge in [-0.3, -0.25) is 4.90 Å². The smallest absolute Gasteiger partial charge is 0.443 e. The van der Waals surface area contributed by atoms with Gasteiger partial charge in [0.1, 0.15) is 5.60 Å². The van der Waals surface area contributed by atoms with E-state index in [-0.39, 0.29) is 6.09 Å². The molecule has 1 fully saturated rings. The van der Waals surface area contributed by atoms with E-state index in [0.717, 1.165) is 5.60 Å². The van der Waals surface area contributed by atoms with Crippen LogP contribution < -0.4 is 0 Å². The summed E-state index contributed by atoms with van der Waals surface area (Å²) in [6.45, 7) is 14.9. The van der Waals surface area contributed by atoms with Gasteiger partial charge in [0.2, 0.25) is 0 Å². The van der Waals surface area contributed by atoms with Gasteiger partial charge in [0.15, 0.2) is 0 Å². The summed E-state index contributed by atoms with van der Waals surface area (Å²) in [5.74, 6) is 0. The molecule has 2 aliphatic heterocycles. The third kappa shape index (κ3) is 3.83. The quantitative estimate of drug-likeness (QED) is 0.694. The van der Waals surface area contributed by atoms with E-state index in [4.69, 9.17) is 14.0 Å². The second kappa shape index (κ2) is 5.70. The lowest BCUT2D eigenvalue weighted by Gasteiger charge is -2.34. The van der Waals surface area contributed by atoms with Crippen LogP contribution in [0.5, 0.6) is 0 Å². The maximum atomic E-state index is 12.3. The minimum atomic E-state index is -0.515. The number of ether oxygens (including phenoxy) is 1. The fourth-order valence-electron chi connectivity index (χ4n) is 2.38. The fourth-order valence-corrected chi connectivity index (χ4v) is 2.38. The Morgan fingerprint density at radius 1 is 1.17 bits per heavy atom. The minimum Gasteiger partial charge on any atom is -0.443 e. The molecule has 0 bridgehead atoms. The van der Waals surface area contributed by atoms with E-state index in [9.17, 15) is 4.79 Å². The topological polar surface area (TPSA) is 51.2 Å². The lowest BCUT2D eigenvalue weighted by atomic mass is 9.83. The Balaban J connectivity index is 2.19. The number of likely N-dealkylation sites (N-methyl/N-ethyl adjacent to an activating group) is 1. The number of carbonyl (C=O) groups is 1. The molecular weight excluding hydrogens is 295 g/mol. The SMILES string of the molecule is CN1CCN(C(=O)OC(C)(C)C)C=C1B1OC(C)(C)C(C)(C)O1. The third-order valence-electron chi connectivity index (χ3n) is 4.53. The van der Waals surface area contributed by atoms with E-state index in [1.807, 2.05) is 55.5 Å². The molecule has 2 rings (SSSR count). The number of rotatable bonds is 1. The molecule has 6 nitrogen and oxygen atoms in total. The molecule has 0 N–H and O–H groups in total. The van der Waals surface area contributed by atoms with Gasteiger partial charge in [-0.1, -0.05) is 0 Å². The number of nitrogens with zero attached hydrogens (tertiary/aromatic N) is 2. The van der Waals surface area contributed by atoms with E-state index in [0.29, 0.717) is 13.1 Å². The Morgan fingerprint density at radius 3 is 2.17 bits per heavy atom. The average Bonchev–Trinajstić information content (AvgIpc) is 2.56. The lowest BCUT2D eigenvalue weighted by molar-refractivity contribution is 0.00578. The predicted octanol–water partition coefficient (Wildman–Crippen LogP) is 2.64.